The van der Waals surface area contributed by atoms with Crippen LogP contribution in [0.5, 0.6) is 0 Å². The van der Waals surface area contributed by atoms with Crippen molar-refractivity contribution in [1.29, 1.82) is 0 Å². The average molecular weight is 286 g/mol. The van der Waals surface area contributed by atoms with Crippen molar-refractivity contribution < 1.29 is 14.7 Å². The first-order valence-electron chi connectivity index (χ1n) is 7.95. The number of rotatable bonds is 3. The molecule has 1 aromatic carbocycles. The summed E-state index contributed by atoms with van der Waals surface area (Å²) in [5.41, 5.74) is 3.35. The van der Waals surface area contributed by atoms with Gasteiger partial charge in [0.2, 0.25) is 0 Å². The smallest absolute Gasteiger partial charge is 0.307 e. The van der Waals surface area contributed by atoms with Gasteiger partial charge in [-0.25, -0.2) is 0 Å². The summed E-state index contributed by atoms with van der Waals surface area (Å²) in [5, 5.41) is 9.34. The van der Waals surface area contributed by atoms with E-state index in [1.54, 1.807) is 0 Å². The Kier molecular flexibility index (Phi) is 3.83. The molecule has 0 aliphatic heterocycles. The first-order valence-corrected chi connectivity index (χ1v) is 7.95. The van der Waals surface area contributed by atoms with E-state index in [0.717, 1.165) is 12.8 Å². The van der Waals surface area contributed by atoms with Gasteiger partial charge in [0.25, 0.3) is 0 Å². The van der Waals surface area contributed by atoms with Crippen molar-refractivity contribution in [3.8, 4) is 0 Å². The molecule has 21 heavy (non-hydrogen) atoms. The number of benzene rings is 1. The van der Waals surface area contributed by atoms with Gasteiger partial charge in [0, 0.05) is 11.5 Å². The van der Waals surface area contributed by atoms with Crippen LogP contribution in [0.25, 0.3) is 0 Å². The number of carboxylic acid groups (broad SMARTS) is 1. The van der Waals surface area contributed by atoms with Crippen LogP contribution in [0.4, 0.5) is 0 Å². The highest BCUT2D eigenvalue weighted by Crippen LogP contribution is 2.38. The third-order valence-electron chi connectivity index (χ3n) is 5.09. The van der Waals surface area contributed by atoms with Crippen LogP contribution in [0.1, 0.15) is 54.1 Å². The molecule has 1 aromatic rings. The molecule has 3 heteroatoms. The lowest BCUT2D eigenvalue weighted by Crippen LogP contribution is -2.25. The van der Waals surface area contributed by atoms with Crippen LogP contribution in [0, 0.1) is 17.8 Å². The van der Waals surface area contributed by atoms with Crippen LogP contribution in [0.2, 0.25) is 0 Å². The lowest BCUT2D eigenvalue weighted by atomic mass is 9.85. The maximum atomic E-state index is 12.7. The van der Waals surface area contributed by atoms with Crippen molar-refractivity contribution in [1.82, 2.24) is 0 Å². The van der Waals surface area contributed by atoms with Crippen LogP contribution in [-0.2, 0) is 17.6 Å². The molecular formula is C18H22O3. The third kappa shape index (κ3) is 2.74. The van der Waals surface area contributed by atoms with E-state index in [0.29, 0.717) is 24.3 Å². The molecule has 112 valence electrons. The fourth-order valence-corrected chi connectivity index (χ4v) is 3.96. The molecule has 0 amide bonds. The molecule has 3 atom stereocenters. The number of carboxylic acids is 1. The van der Waals surface area contributed by atoms with Crippen molar-refractivity contribution in [3.05, 3.63) is 34.9 Å². The number of carbonyl (C=O) groups excluding carboxylic acids is 1. The summed E-state index contributed by atoms with van der Waals surface area (Å²) in [5.74, 6) is -1.34. The van der Waals surface area contributed by atoms with Gasteiger partial charge in [0.1, 0.15) is 0 Å². The van der Waals surface area contributed by atoms with Gasteiger partial charge in [0.15, 0.2) is 5.78 Å². The first kappa shape index (κ1) is 14.3. The summed E-state index contributed by atoms with van der Waals surface area (Å²) in [4.78, 5) is 24.1. The van der Waals surface area contributed by atoms with Gasteiger partial charge in [-0.05, 0) is 61.6 Å². The molecular weight excluding hydrogens is 264 g/mol. The molecule has 2 aliphatic carbocycles. The Balaban J connectivity index is 1.86. The minimum Gasteiger partial charge on any atom is -0.481 e. The third-order valence-corrected chi connectivity index (χ3v) is 5.09. The largest absolute Gasteiger partial charge is 0.481 e. The highest BCUT2D eigenvalue weighted by molar-refractivity contribution is 6.00. The number of carbonyl (C=O) groups is 2. The second-order valence-corrected chi connectivity index (χ2v) is 6.68. The van der Waals surface area contributed by atoms with E-state index in [1.807, 2.05) is 19.1 Å². The lowest BCUT2D eigenvalue weighted by Gasteiger charge is -2.18. The van der Waals surface area contributed by atoms with E-state index < -0.39 is 11.9 Å². The Hall–Kier alpha value is -1.64. The number of fused-ring (bicyclic) bond motifs is 1. The monoisotopic (exact) mass is 286 g/mol. The summed E-state index contributed by atoms with van der Waals surface area (Å²) in [6, 6.07) is 5.98. The summed E-state index contributed by atoms with van der Waals surface area (Å²) in [6.07, 6.45) is 5.87. The van der Waals surface area contributed by atoms with Crippen LogP contribution < -0.4 is 0 Å². The van der Waals surface area contributed by atoms with Gasteiger partial charge in [-0.3, -0.25) is 9.59 Å². The van der Waals surface area contributed by atoms with E-state index in [-0.39, 0.29) is 11.7 Å². The molecule has 3 unspecified atom stereocenters. The van der Waals surface area contributed by atoms with Crippen molar-refractivity contribution >= 4 is 11.8 Å². The van der Waals surface area contributed by atoms with Gasteiger partial charge in [-0.2, -0.15) is 0 Å². The number of aliphatic carboxylic acids is 1. The second kappa shape index (κ2) is 5.63. The Labute approximate surface area is 125 Å². The van der Waals surface area contributed by atoms with Crippen LogP contribution in [0.3, 0.4) is 0 Å². The zero-order valence-electron chi connectivity index (χ0n) is 12.5. The van der Waals surface area contributed by atoms with E-state index in [9.17, 15) is 14.7 Å². The molecule has 0 aromatic heterocycles. The zero-order valence-corrected chi connectivity index (χ0v) is 12.5. The molecule has 2 aliphatic rings. The van der Waals surface area contributed by atoms with Crippen molar-refractivity contribution in [2.75, 3.05) is 0 Å². The van der Waals surface area contributed by atoms with Gasteiger partial charge >= 0.3 is 5.97 Å². The zero-order chi connectivity index (χ0) is 15.0. The van der Waals surface area contributed by atoms with Gasteiger partial charge in [-0.15, -0.1) is 0 Å². The fraction of sp³-hybridized carbons (Fsp3) is 0.556. The fourth-order valence-electron chi connectivity index (χ4n) is 3.96. The predicted octanol–water partition coefficient (Wildman–Crippen LogP) is 3.50. The van der Waals surface area contributed by atoms with E-state index in [4.69, 9.17) is 0 Å². The molecule has 1 saturated carbocycles. The molecule has 1 N–H and O–H groups in total. The summed E-state index contributed by atoms with van der Waals surface area (Å²) in [6.45, 7) is 2.04. The standard InChI is InChI=1S/C18H22O3/c1-11-8-15(16(9-11)18(20)21)17(19)14-7-6-12-4-2-3-5-13(12)10-14/h6-7,10-11,15-16H,2-5,8-9H2,1H3,(H,20,21). The van der Waals surface area contributed by atoms with Crippen molar-refractivity contribution in [2.24, 2.45) is 17.8 Å². The van der Waals surface area contributed by atoms with Gasteiger partial charge in [0.05, 0.1) is 5.92 Å². The van der Waals surface area contributed by atoms with Crippen molar-refractivity contribution in [3.63, 3.8) is 0 Å². The number of aryl methyl sites for hydroxylation is 2. The van der Waals surface area contributed by atoms with Crippen LogP contribution in [-0.4, -0.2) is 16.9 Å². The normalized spacial score (nSPS) is 28.1. The highest BCUT2D eigenvalue weighted by Gasteiger charge is 2.41. The molecule has 0 spiro atoms. The molecule has 3 nitrogen and oxygen atoms in total. The SMILES string of the molecule is CC1CC(C(=O)O)C(C(=O)c2ccc3c(c2)CCCC3)C1. The summed E-state index contributed by atoms with van der Waals surface area (Å²) in [7, 11) is 0. The Bertz CT molecular complexity index is 576. The first-order chi connectivity index (χ1) is 10.1. The van der Waals surface area contributed by atoms with E-state index in [1.165, 1.54) is 24.0 Å². The number of hydrogen-bond acceptors (Lipinski definition) is 2. The molecule has 0 saturated heterocycles. The van der Waals surface area contributed by atoms with Crippen molar-refractivity contribution in [2.45, 2.75) is 45.4 Å². The average Bonchev–Trinajstić information content (AvgIpc) is 2.88. The number of hydrogen-bond donors (Lipinski definition) is 1. The molecule has 0 bridgehead atoms. The van der Waals surface area contributed by atoms with Crippen LogP contribution >= 0.6 is 0 Å². The topological polar surface area (TPSA) is 54.4 Å². The van der Waals surface area contributed by atoms with Gasteiger partial charge in [-0.1, -0.05) is 19.1 Å². The minimum absolute atomic E-state index is 0.0279. The van der Waals surface area contributed by atoms with E-state index >= 15 is 0 Å². The Morgan fingerprint density at radius 1 is 1.05 bits per heavy atom. The Morgan fingerprint density at radius 3 is 2.43 bits per heavy atom. The molecule has 3 rings (SSSR count). The highest BCUT2D eigenvalue weighted by atomic mass is 16.4. The van der Waals surface area contributed by atoms with E-state index in [2.05, 4.69) is 6.07 Å². The number of Topliss-reactive ketones (excluding diaryl/α,β-unsaturated/α-hetero) is 1. The Morgan fingerprint density at radius 2 is 1.71 bits per heavy atom. The number of ketones is 1. The molecule has 0 heterocycles. The lowest BCUT2D eigenvalue weighted by molar-refractivity contribution is -0.142. The molecule has 0 radical (unpaired) electrons. The van der Waals surface area contributed by atoms with Gasteiger partial charge < -0.3 is 5.11 Å². The summed E-state index contributed by atoms with van der Waals surface area (Å²) >= 11 is 0. The maximum absolute atomic E-state index is 12.7. The predicted molar refractivity (Wildman–Crippen MR) is 80.4 cm³/mol. The molecule has 1 fully saturated rings. The quantitative estimate of drug-likeness (QED) is 0.865. The second-order valence-electron chi connectivity index (χ2n) is 6.68. The summed E-state index contributed by atoms with van der Waals surface area (Å²) < 4.78 is 0. The maximum Gasteiger partial charge on any atom is 0.307 e. The van der Waals surface area contributed by atoms with Crippen LogP contribution in [0.15, 0.2) is 18.2 Å². The minimum atomic E-state index is -0.823.